The van der Waals surface area contributed by atoms with E-state index in [0.717, 1.165) is 38.8 Å². The van der Waals surface area contributed by atoms with Crippen LogP contribution in [0, 0.1) is 0 Å². The number of nitrogens with one attached hydrogen (secondary N) is 1. The zero-order valence-corrected chi connectivity index (χ0v) is 12.7. The van der Waals surface area contributed by atoms with Gasteiger partial charge < -0.3 is 11.1 Å². The number of hydrogen-bond acceptors (Lipinski definition) is 3. The van der Waals surface area contributed by atoms with Gasteiger partial charge in [-0.1, -0.05) is 30.3 Å². The summed E-state index contributed by atoms with van der Waals surface area (Å²) in [6.07, 6.45) is 3.69. The Morgan fingerprint density at radius 3 is 2.71 bits per heavy atom. The highest BCUT2D eigenvalue weighted by molar-refractivity contribution is 5.89. The molecule has 0 radical (unpaired) electrons. The van der Waals surface area contributed by atoms with Gasteiger partial charge in [0, 0.05) is 25.2 Å². The first-order valence-corrected chi connectivity index (χ1v) is 7.95. The van der Waals surface area contributed by atoms with Gasteiger partial charge in [-0.2, -0.15) is 0 Å². The predicted molar refractivity (Wildman–Crippen MR) is 83.6 cm³/mol. The fourth-order valence-corrected chi connectivity index (χ4v) is 3.10. The molecule has 4 heteroatoms. The van der Waals surface area contributed by atoms with Crippen molar-refractivity contribution in [3.63, 3.8) is 0 Å². The van der Waals surface area contributed by atoms with Gasteiger partial charge in [-0.05, 0) is 38.2 Å². The highest BCUT2D eigenvalue weighted by atomic mass is 16.2. The summed E-state index contributed by atoms with van der Waals surface area (Å²) in [7, 11) is 0. The van der Waals surface area contributed by atoms with E-state index >= 15 is 0 Å². The number of benzene rings is 1. The lowest BCUT2D eigenvalue weighted by atomic mass is 9.97. The summed E-state index contributed by atoms with van der Waals surface area (Å²) < 4.78 is 0. The zero-order chi connectivity index (χ0) is 14.9. The van der Waals surface area contributed by atoms with Crippen LogP contribution in [-0.2, 0) is 11.3 Å². The van der Waals surface area contributed by atoms with E-state index in [1.807, 2.05) is 0 Å². The maximum Gasteiger partial charge on any atom is 0.240 e. The minimum atomic E-state index is -0.551. The molecule has 114 valence electrons. The van der Waals surface area contributed by atoms with Crippen LogP contribution in [0.5, 0.6) is 0 Å². The van der Waals surface area contributed by atoms with Gasteiger partial charge in [0.25, 0.3) is 0 Å². The molecule has 4 nitrogen and oxygen atoms in total. The van der Waals surface area contributed by atoms with Crippen LogP contribution in [0.15, 0.2) is 30.3 Å². The van der Waals surface area contributed by atoms with Crippen molar-refractivity contribution >= 4 is 5.91 Å². The standard InChI is InChI=1S/C17H25N3O/c1-13-11-15(19-16(21)17(18)8-9-17)7-10-20(13)12-14-5-3-2-4-6-14/h2-6,13,15H,7-12,18H2,1H3,(H,19,21). The van der Waals surface area contributed by atoms with Gasteiger partial charge in [0.15, 0.2) is 0 Å². The number of hydrogen-bond donors (Lipinski definition) is 2. The number of carbonyl (C=O) groups excluding carboxylic acids is 1. The summed E-state index contributed by atoms with van der Waals surface area (Å²) in [6, 6.07) is 11.3. The monoisotopic (exact) mass is 287 g/mol. The van der Waals surface area contributed by atoms with Gasteiger partial charge in [-0.3, -0.25) is 9.69 Å². The van der Waals surface area contributed by atoms with Crippen LogP contribution >= 0.6 is 0 Å². The second-order valence-corrected chi connectivity index (χ2v) is 6.66. The fraction of sp³-hybridized carbons (Fsp3) is 0.588. The number of amides is 1. The first-order chi connectivity index (χ1) is 10.1. The number of likely N-dealkylation sites (tertiary alicyclic amines) is 1. The van der Waals surface area contributed by atoms with E-state index in [1.54, 1.807) is 0 Å². The third-order valence-corrected chi connectivity index (χ3v) is 4.82. The predicted octanol–water partition coefficient (Wildman–Crippen LogP) is 1.65. The number of piperidine rings is 1. The van der Waals surface area contributed by atoms with Crippen LogP contribution in [0.2, 0.25) is 0 Å². The van der Waals surface area contributed by atoms with Crippen molar-refractivity contribution in [2.24, 2.45) is 5.73 Å². The summed E-state index contributed by atoms with van der Waals surface area (Å²) >= 11 is 0. The third-order valence-electron chi connectivity index (χ3n) is 4.82. The molecular formula is C17H25N3O. The molecule has 0 aromatic heterocycles. The Hall–Kier alpha value is -1.39. The van der Waals surface area contributed by atoms with E-state index in [-0.39, 0.29) is 11.9 Å². The molecule has 1 saturated heterocycles. The molecule has 0 bridgehead atoms. The van der Waals surface area contributed by atoms with Crippen LogP contribution in [0.1, 0.15) is 38.2 Å². The SMILES string of the molecule is CC1CC(NC(=O)C2(N)CC2)CCN1Cc1ccccc1. The average Bonchev–Trinajstić information content (AvgIpc) is 3.22. The first kappa shape index (κ1) is 14.5. The molecule has 0 spiro atoms. The van der Waals surface area contributed by atoms with Crippen molar-refractivity contribution in [2.45, 2.75) is 56.8 Å². The highest BCUT2D eigenvalue weighted by Gasteiger charge is 2.46. The Labute approximate surface area is 126 Å². The molecule has 2 fully saturated rings. The Morgan fingerprint density at radius 2 is 2.10 bits per heavy atom. The van der Waals surface area contributed by atoms with E-state index in [0.29, 0.717) is 6.04 Å². The van der Waals surface area contributed by atoms with Crippen LogP contribution in [-0.4, -0.2) is 35.0 Å². The molecule has 3 N–H and O–H groups in total. The Bertz CT molecular complexity index is 498. The second-order valence-electron chi connectivity index (χ2n) is 6.66. The molecule has 21 heavy (non-hydrogen) atoms. The number of rotatable bonds is 4. The molecule has 3 rings (SSSR count). The number of carbonyl (C=O) groups is 1. The van der Waals surface area contributed by atoms with Crippen molar-refractivity contribution in [1.82, 2.24) is 10.2 Å². The molecule has 1 heterocycles. The minimum Gasteiger partial charge on any atom is -0.352 e. The van der Waals surface area contributed by atoms with E-state index in [2.05, 4.69) is 47.5 Å². The van der Waals surface area contributed by atoms with Gasteiger partial charge in [0.1, 0.15) is 0 Å². The zero-order valence-electron chi connectivity index (χ0n) is 12.7. The lowest BCUT2D eigenvalue weighted by molar-refractivity contribution is -0.124. The smallest absolute Gasteiger partial charge is 0.240 e. The number of nitrogens with zero attached hydrogens (tertiary/aromatic N) is 1. The molecule has 1 aliphatic heterocycles. The lowest BCUT2D eigenvalue weighted by Gasteiger charge is -2.38. The molecule has 2 aliphatic rings. The van der Waals surface area contributed by atoms with Crippen molar-refractivity contribution in [2.75, 3.05) is 6.54 Å². The van der Waals surface area contributed by atoms with E-state index < -0.39 is 5.54 Å². The van der Waals surface area contributed by atoms with Gasteiger partial charge in [-0.25, -0.2) is 0 Å². The highest BCUT2D eigenvalue weighted by Crippen LogP contribution is 2.32. The Kier molecular flexibility index (Phi) is 4.00. The molecule has 2 unspecified atom stereocenters. The average molecular weight is 287 g/mol. The van der Waals surface area contributed by atoms with E-state index in [9.17, 15) is 4.79 Å². The van der Waals surface area contributed by atoms with Crippen molar-refractivity contribution in [3.8, 4) is 0 Å². The summed E-state index contributed by atoms with van der Waals surface area (Å²) in [5.74, 6) is 0.0520. The number of nitrogens with two attached hydrogens (primary N) is 1. The van der Waals surface area contributed by atoms with Crippen molar-refractivity contribution in [1.29, 1.82) is 0 Å². The van der Waals surface area contributed by atoms with Gasteiger partial charge in [0.05, 0.1) is 5.54 Å². The quantitative estimate of drug-likeness (QED) is 0.885. The van der Waals surface area contributed by atoms with Crippen molar-refractivity contribution < 1.29 is 4.79 Å². The fourth-order valence-electron chi connectivity index (χ4n) is 3.10. The molecule has 1 saturated carbocycles. The van der Waals surface area contributed by atoms with Crippen LogP contribution < -0.4 is 11.1 Å². The molecule has 1 amide bonds. The molecule has 1 aromatic carbocycles. The first-order valence-electron chi connectivity index (χ1n) is 7.95. The van der Waals surface area contributed by atoms with Crippen LogP contribution in [0.25, 0.3) is 0 Å². The summed E-state index contributed by atoms with van der Waals surface area (Å²) in [4.78, 5) is 14.5. The maximum absolute atomic E-state index is 12.0. The van der Waals surface area contributed by atoms with Crippen LogP contribution in [0.3, 0.4) is 0 Å². The lowest BCUT2D eigenvalue weighted by Crippen LogP contribution is -2.52. The van der Waals surface area contributed by atoms with Crippen LogP contribution in [0.4, 0.5) is 0 Å². The summed E-state index contributed by atoms with van der Waals surface area (Å²) in [6.45, 7) is 4.26. The Balaban J connectivity index is 1.51. The molecule has 1 aromatic rings. The van der Waals surface area contributed by atoms with Crippen molar-refractivity contribution in [3.05, 3.63) is 35.9 Å². The second kappa shape index (κ2) is 5.78. The maximum atomic E-state index is 12.0. The summed E-state index contributed by atoms with van der Waals surface area (Å²) in [5, 5.41) is 3.15. The normalized spacial score (nSPS) is 28.1. The van der Waals surface area contributed by atoms with Gasteiger partial charge in [0.2, 0.25) is 5.91 Å². The van der Waals surface area contributed by atoms with Gasteiger partial charge >= 0.3 is 0 Å². The van der Waals surface area contributed by atoms with Gasteiger partial charge in [-0.15, -0.1) is 0 Å². The van der Waals surface area contributed by atoms with E-state index in [1.165, 1.54) is 5.56 Å². The minimum absolute atomic E-state index is 0.0520. The molecule has 2 atom stereocenters. The molecule has 1 aliphatic carbocycles. The van der Waals surface area contributed by atoms with E-state index in [4.69, 9.17) is 5.73 Å². The Morgan fingerprint density at radius 1 is 1.38 bits per heavy atom. The summed E-state index contributed by atoms with van der Waals surface area (Å²) in [5.41, 5.74) is 6.75. The topological polar surface area (TPSA) is 58.4 Å². The largest absolute Gasteiger partial charge is 0.352 e. The molecular weight excluding hydrogens is 262 g/mol. The third kappa shape index (κ3) is 3.44.